The lowest BCUT2D eigenvalue weighted by Crippen LogP contribution is -2.29. The Balaban J connectivity index is 3.68. The average molecular weight is 125 g/mol. The van der Waals surface area contributed by atoms with E-state index in [1.54, 1.807) is 0 Å². The summed E-state index contributed by atoms with van der Waals surface area (Å²) in [5, 5.41) is 3.07. The van der Waals surface area contributed by atoms with E-state index in [1.807, 2.05) is 7.05 Å². The van der Waals surface area contributed by atoms with E-state index in [-0.39, 0.29) is 6.04 Å². The van der Waals surface area contributed by atoms with Crippen LogP contribution < -0.4 is 5.32 Å². The topological polar surface area (TPSA) is 12.0 Å². The summed E-state index contributed by atoms with van der Waals surface area (Å²) < 4.78 is 0. The van der Waals surface area contributed by atoms with E-state index in [0.29, 0.717) is 5.92 Å². The van der Waals surface area contributed by atoms with Gasteiger partial charge in [-0.25, -0.2) is 0 Å². The number of rotatable bonds is 3. The van der Waals surface area contributed by atoms with Gasteiger partial charge in [0.25, 0.3) is 0 Å². The van der Waals surface area contributed by atoms with Crippen LogP contribution in [0.25, 0.3) is 0 Å². The summed E-state index contributed by atoms with van der Waals surface area (Å²) in [6, 6.07) is 0.245. The van der Waals surface area contributed by atoms with Crippen molar-refractivity contribution in [3.63, 3.8) is 0 Å². The zero-order valence-electron chi connectivity index (χ0n) is 6.44. The van der Waals surface area contributed by atoms with Crippen LogP contribution in [0.1, 0.15) is 20.3 Å². The van der Waals surface area contributed by atoms with Crippen molar-refractivity contribution in [2.45, 2.75) is 26.3 Å². The predicted octanol–water partition coefficient (Wildman–Crippen LogP) is 1.25. The molecule has 9 heavy (non-hydrogen) atoms. The molecule has 0 bridgehead atoms. The van der Waals surface area contributed by atoms with Crippen LogP contribution in [-0.4, -0.2) is 13.1 Å². The Hall–Kier alpha value is -0.480. The second kappa shape index (κ2) is 4.40. The molecule has 0 aromatic rings. The Morgan fingerprint density at radius 2 is 2.22 bits per heavy atom. The van der Waals surface area contributed by atoms with E-state index in [4.69, 9.17) is 6.42 Å². The van der Waals surface area contributed by atoms with E-state index in [0.717, 1.165) is 6.42 Å². The average Bonchev–Trinajstić information content (AvgIpc) is 1.90. The molecule has 0 aliphatic carbocycles. The molecule has 0 fully saturated rings. The quantitative estimate of drug-likeness (QED) is 0.560. The van der Waals surface area contributed by atoms with E-state index < -0.39 is 0 Å². The molecule has 2 unspecified atom stereocenters. The lowest BCUT2D eigenvalue weighted by Gasteiger charge is -2.15. The van der Waals surface area contributed by atoms with Crippen LogP contribution in [0, 0.1) is 18.3 Å². The molecule has 0 aliphatic rings. The summed E-state index contributed by atoms with van der Waals surface area (Å²) in [6.07, 6.45) is 6.38. The summed E-state index contributed by atoms with van der Waals surface area (Å²) in [5.74, 6) is 3.27. The van der Waals surface area contributed by atoms with Gasteiger partial charge in [0.2, 0.25) is 0 Å². The molecule has 52 valence electrons. The van der Waals surface area contributed by atoms with Gasteiger partial charge in [-0.05, 0) is 13.0 Å². The molecule has 0 radical (unpaired) electrons. The Morgan fingerprint density at radius 1 is 1.67 bits per heavy atom. The van der Waals surface area contributed by atoms with Crippen LogP contribution in [0.15, 0.2) is 0 Å². The number of terminal acetylenes is 1. The van der Waals surface area contributed by atoms with Crippen molar-refractivity contribution in [2.24, 2.45) is 5.92 Å². The fraction of sp³-hybridized carbons (Fsp3) is 0.750. The van der Waals surface area contributed by atoms with Gasteiger partial charge in [0.15, 0.2) is 0 Å². The highest BCUT2D eigenvalue weighted by Crippen LogP contribution is 2.04. The minimum absolute atomic E-state index is 0.245. The molecule has 1 heteroatoms. The molecule has 0 aliphatic heterocycles. The molecular weight excluding hydrogens is 110 g/mol. The highest BCUT2D eigenvalue weighted by atomic mass is 14.9. The number of hydrogen-bond acceptors (Lipinski definition) is 1. The van der Waals surface area contributed by atoms with Gasteiger partial charge in [-0.2, -0.15) is 0 Å². The van der Waals surface area contributed by atoms with Crippen LogP contribution in [0.5, 0.6) is 0 Å². The van der Waals surface area contributed by atoms with Crippen molar-refractivity contribution in [1.29, 1.82) is 0 Å². The summed E-state index contributed by atoms with van der Waals surface area (Å²) in [5.41, 5.74) is 0. The third-order valence-electron chi connectivity index (χ3n) is 1.70. The van der Waals surface area contributed by atoms with Crippen LogP contribution >= 0.6 is 0 Å². The highest BCUT2D eigenvalue weighted by molar-refractivity contribution is 5.00. The maximum Gasteiger partial charge on any atom is 0.0710 e. The highest BCUT2D eigenvalue weighted by Gasteiger charge is 2.08. The zero-order valence-corrected chi connectivity index (χ0v) is 6.44. The van der Waals surface area contributed by atoms with Crippen molar-refractivity contribution < 1.29 is 0 Å². The number of hydrogen-bond donors (Lipinski definition) is 1. The summed E-state index contributed by atoms with van der Waals surface area (Å²) in [7, 11) is 1.90. The van der Waals surface area contributed by atoms with E-state index in [1.165, 1.54) is 0 Å². The molecule has 2 atom stereocenters. The van der Waals surface area contributed by atoms with E-state index >= 15 is 0 Å². The molecule has 0 saturated carbocycles. The molecule has 1 N–H and O–H groups in total. The van der Waals surface area contributed by atoms with Gasteiger partial charge in [-0.1, -0.05) is 26.2 Å². The van der Waals surface area contributed by atoms with Gasteiger partial charge < -0.3 is 5.32 Å². The summed E-state index contributed by atoms with van der Waals surface area (Å²) in [4.78, 5) is 0. The first-order valence-corrected chi connectivity index (χ1v) is 3.39. The second-order valence-electron chi connectivity index (χ2n) is 2.32. The first-order valence-electron chi connectivity index (χ1n) is 3.39. The molecule has 0 spiro atoms. The van der Waals surface area contributed by atoms with Gasteiger partial charge in [0, 0.05) is 0 Å². The zero-order chi connectivity index (χ0) is 7.28. The Labute approximate surface area is 57.8 Å². The fourth-order valence-electron chi connectivity index (χ4n) is 0.768. The van der Waals surface area contributed by atoms with Crippen molar-refractivity contribution >= 4 is 0 Å². The first-order chi connectivity index (χ1) is 4.26. The van der Waals surface area contributed by atoms with Crippen molar-refractivity contribution in [3.8, 4) is 12.3 Å². The van der Waals surface area contributed by atoms with Gasteiger partial charge in [-0.15, -0.1) is 6.42 Å². The fourth-order valence-corrected chi connectivity index (χ4v) is 0.768. The monoisotopic (exact) mass is 125 g/mol. The summed E-state index contributed by atoms with van der Waals surface area (Å²) >= 11 is 0. The second-order valence-corrected chi connectivity index (χ2v) is 2.32. The third-order valence-corrected chi connectivity index (χ3v) is 1.70. The smallest absolute Gasteiger partial charge is 0.0710 e. The maximum absolute atomic E-state index is 5.25. The van der Waals surface area contributed by atoms with Crippen LogP contribution in [0.4, 0.5) is 0 Å². The molecule has 0 heterocycles. The largest absolute Gasteiger partial charge is 0.307 e. The first kappa shape index (κ1) is 8.52. The van der Waals surface area contributed by atoms with E-state index in [9.17, 15) is 0 Å². The summed E-state index contributed by atoms with van der Waals surface area (Å²) in [6.45, 7) is 4.30. The van der Waals surface area contributed by atoms with Crippen LogP contribution in [-0.2, 0) is 0 Å². The van der Waals surface area contributed by atoms with Crippen LogP contribution in [0.3, 0.4) is 0 Å². The Morgan fingerprint density at radius 3 is 2.33 bits per heavy atom. The van der Waals surface area contributed by atoms with Crippen LogP contribution in [0.2, 0.25) is 0 Å². The van der Waals surface area contributed by atoms with Crippen molar-refractivity contribution in [1.82, 2.24) is 5.32 Å². The minimum atomic E-state index is 0.245. The molecule has 0 amide bonds. The van der Waals surface area contributed by atoms with Crippen molar-refractivity contribution in [3.05, 3.63) is 0 Å². The minimum Gasteiger partial charge on any atom is -0.307 e. The lowest BCUT2D eigenvalue weighted by molar-refractivity contribution is 0.460. The van der Waals surface area contributed by atoms with Gasteiger partial charge in [0.05, 0.1) is 6.04 Å². The van der Waals surface area contributed by atoms with Gasteiger partial charge >= 0.3 is 0 Å². The number of nitrogens with one attached hydrogen (secondary N) is 1. The SMILES string of the molecule is C#CC(NC)C(C)CC. The van der Waals surface area contributed by atoms with Gasteiger partial charge in [0.1, 0.15) is 0 Å². The molecule has 0 aromatic heterocycles. The normalized spacial score (nSPS) is 16.2. The van der Waals surface area contributed by atoms with Gasteiger partial charge in [-0.3, -0.25) is 0 Å². The molecular formula is C8H15N. The molecule has 0 rings (SSSR count). The standard InChI is InChI=1S/C8H15N/c1-5-7(3)8(6-2)9-4/h2,7-9H,5H2,1,3-4H3. The lowest BCUT2D eigenvalue weighted by atomic mass is 10.0. The molecule has 1 nitrogen and oxygen atoms in total. The predicted molar refractivity (Wildman–Crippen MR) is 41.1 cm³/mol. The van der Waals surface area contributed by atoms with Crippen molar-refractivity contribution in [2.75, 3.05) is 7.05 Å². The Bertz CT molecular complexity index is 102. The van der Waals surface area contributed by atoms with E-state index in [2.05, 4.69) is 25.1 Å². The molecule has 0 saturated heterocycles. The third kappa shape index (κ3) is 2.53. The molecule has 0 aromatic carbocycles. The maximum atomic E-state index is 5.25. The Kier molecular flexibility index (Phi) is 4.17.